The maximum atomic E-state index is 13.9. The van der Waals surface area contributed by atoms with Crippen LogP contribution in [0.2, 0.25) is 0 Å². The molecule has 3 aromatic carbocycles. The lowest BCUT2D eigenvalue weighted by molar-refractivity contribution is -0.358. The summed E-state index contributed by atoms with van der Waals surface area (Å²) in [7, 11) is 0. The highest BCUT2D eigenvalue weighted by molar-refractivity contribution is 5.88. The van der Waals surface area contributed by atoms with Crippen molar-refractivity contribution < 1.29 is 94.2 Å². The Morgan fingerprint density at radius 1 is 0.768 bits per heavy atom. The number of esters is 1. The number of hydrogen-bond acceptors (Lipinski definition) is 20. The number of aliphatic hydroxyl groups excluding tert-OH is 6. The van der Waals surface area contributed by atoms with Crippen LogP contribution in [0.1, 0.15) is 5.56 Å². The van der Waals surface area contributed by atoms with Crippen molar-refractivity contribution in [3.05, 3.63) is 70.4 Å². The molecule has 4 aromatic rings. The molecule has 0 saturated carbocycles. The molecule has 6 rings (SSSR count). The Morgan fingerprint density at radius 3 is 2.18 bits per heavy atom. The third-order valence-electron chi connectivity index (χ3n) is 8.94. The number of phenolic OH excluding ortho intramolecular Hbond substituents is 4. The molecule has 0 unspecified atom stereocenters. The second kappa shape index (κ2) is 16.2. The first-order valence-corrected chi connectivity index (χ1v) is 16.6. The third-order valence-corrected chi connectivity index (χ3v) is 8.94. The van der Waals surface area contributed by atoms with E-state index in [1.165, 1.54) is 18.2 Å². The van der Waals surface area contributed by atoms with Gasteiger partial charge in [0.25, 0.3) is 0 Å². The molecule has 2 fully saturated rings. The number of aliphatic hydroxyl groups is 6. The second-order valence-corrected chi connectivity index (χ2v) is 12.7. The quantitative estimate of drug-likeness (QED) is 0.0459. The number of carbonyl (C=O) groups excluding carboxylic acids is 1. The Morgan fingerprint density at radius 2 is 1.48 bits per heavy atom. The molecule has 0 radical (unpaired) electrons. The Balaban J connectivity index is 1.29. The Bertz CT molecular complexity index is 2170. The van der Waals surface area contributed by atoms with Crippen LogP contribution >= 0.6 is 0 Å². The van der Waals surface area contributed by atoms with Gasteiger partial charge in [-0.1, -0.05) is 29.7 Å². The highest BCUT2D eigenvalue weighted by atomic mass is 16.8. The molecule has 20 heteroatoms. The predicted molar refractivity (Wildman–Crippen MR) is 180 cm³/mol. The first-order chi connectivity index (χ1) is 26.6. The smallest absolute Gasteiger partial charge is 0.330 e. The number of aromatic hydroxyl groups is 4. The number of hydrogen-bond donors (Lipinski definition) is 10. The van der Waals surface area contributed by atoms with Crippen LogP contribution in [0.4, 0.5) is 0 Å². The summed E-state index contributed by atoms with van der Waals surface area (Å²) in [6.07, 6.45) is -17.2. The number of benzene rings is 3. The van der Waals surface area contributed by atoms with Crippen molar-refractivity contribution in [2.24, 2.45) is 0 Å². The Kier molecular flexibility index (Phi) is 11.6. The zero-order valence-corrected chi connectivity index (χ0v) is 28.5. The van der Waals surface area contributed by atoms with Gasteiger partial charge in [0.05, 0.1) is 12.0 Å². The van der Waals surface area contributed by atoms with Crippen LogP contribution in [0.15, 0.2) is 63.8 Å². The van der Waals surface area contributed by atoms with Crippen LogP contribution in [-0.2, 0) is 23.7 Å². The molecule has 20 nitrogen and oxygen atoms in total. The summed E-state index contributed by atoms with van der Waals surface area (Å²) >= 11 is 0. The molecule has 1 aromatic heterocycles. The SMILES string of the molecule is O=C(/C=C/c1ccc(O)c(O)c1)OC[C@H]1O[C@@H](O[C@H]2[C@H](Oc3c(-c4ccc([O-])c(O)c4)oc4cc(O)cc([O-])c4c3=O)O[C@H](CO)[C@@H](O)[C@@H]2O)[C@H](O)[C@@H](O)[C@@H]1O. The van der Waals surface area contributed by atoms with E-state index in [-0.39, 0.29) is 5.56 Å². The fourth-order valence-electron chi connectivity index (χ4n) is 5.96. The molecule has 2 aliphatic rings. The van der Waals surface area contributed by atoms with Crippen molar-refractivity contribution in [3.63, 3.8) is 0 Å². The van der Waals surface area contributed by atoms with Crippen molar-refractivity contribution in [3.8, 4) is 51.6 Å². The van der Waals surface area contributed by atoms with Crippen LogP contribution in [0.25, 0.3) is 28.4 Å². The van der Waals surface area contributed by atoms with Crippen LogP contribution < -0.4 is 20.4 Å². The van der Waals surface area contributed by atoms with Crippen molar-refractivity contribution in [2.75, 3.05) is 13.2 Å². The fourth-order valence-corrected chi connectivity index (χ4v) is 5.96. The molecule has 10 atom stereocenters. The molecule has 10 N–H and O–H groups in total. The highest BCUT2D eigenvalue weighted by Gasteiger charge is 2.52. The van der Waals surface area contributed by atoms with E-state index < -0.39 is 143 Å². The molecular formula is C36H34O20-2. The first kappa shape index (κ1) is 40.0. The van der Waals surface area contributed by atoms with Crippen molar-refractivity contribution in [1.82, 2.24) is 0 Å². The van der Waals surface area contributed by atoms with E-state index in [4.69, 9.17) is 28.1 Å². The molecule has 2 aliphatic heterocycles. The van der Waals surface area contributed by atoms with Crippen molar-refractivity contribution in [2.45, 2.75) is 61.4 Å². The van der Waals surface area contributed by atoms with Crippen LogP contribution in [0.3, 0.4) is 0 Å². The average molecular weight is 787 g/mol. The van der Waals surface area contributed by atoms with Gasteiger partial charge in [-0.15, -0.1) is 0 Å². The third kappa shape index (κ3) is 8.00. The molecule has 0 spiro atoms. The molecule has 2 saturated heterocycles. The average Bonchev–Trinajstić information content (AvgIpc) is 3.16. The minimum Gasteiger partial charge on any atom is -0.872 e. The van der Waals surface area contributed by atoms with Gasteiger partial charge < -0.3 is 89.4 Å². The van der Waals surface area contributed by atoms with Gasteiger partial charge >= 0.3 is 5.97 Å². The Labute approximate surface area is 313 Å². The van der Waals surface area contributed by atoms with E-state index in [0.29, 0.717) is 11.6 Å². The van der Waals surface area contributed by atoms with Gasteiger partial charge in [-0.05, 0) is 35.9 Å². The van der Waals surface area contributed by atoms with Crippen LogP contribution in [0, 0.1) is 0 Å². The minimum absolute atomic E-state index is 0.170. The standard InChI is InChI=1S/C36H36O20/c37-11-22-26(45)30(49)34(56-35-31(50)29(48)27(46)23(54-35)12-51-24(44)6-2-13-1-4-16(39)18(41)7-13)36(53-22)55-33-28(47)25-20(43)9-15(38)10-21(25)52-32(33)14-3-5-17(40)19(42)8-14/h1-10,22-23,26-27,29-31,34-43,45-46,48-50H,11-12H2/p-2/b6-2+/t22-,23-,26-,27-,29+,30+,31-,34-,35+,36+/m1/s1. The van der Waals surface area contributed by atoms with E-state index in [9.17, 15) is 70.9 Å². The van der Waals surface area contributed by atoms with E-state index >= 15 is 0 Å². The van der Waals surface area contributed by atoms with Gasteiger partial charge in [0.2, 0.25) is 17.5 Å². The predicted octanol–water partition coefficient (Wildman–Crippen LogP) is -2.30. The summed E-state index contributed by atoms with van der Waals surface area (Å²) in [6, 6.07) is 8.28. The molecule has 0 amide bonds. The molecule has 0 bridgehead atoms. The number of phenols is 4. The lowest BCUT2D eigenvalue weighted by Crippen LogP contribution is -2.65. The lowest BCUT2D eigenvalue weighted by atomic mass is 9.97. The number of fused-ring (bicyclic) bond motifs is 1. The molecular weight excluding hydrogens is 752 g/mol. The summed E-state index contributed by atoms with van der Waals surface area (Å²) < 4.78 is 33.7. The van der Waals surface area contributed by atoms with Gasteiger partial charge in [-0.3, -0.25) is 4.79 Å². The minimum atomic E-state index is -2.09. The first-order valence-electron chi connectivity index (χ1n) is 16.6. The maximum absolute atomic E-state index is 13.9. The summed E-state index contributed by atoms with van der Waals surface area (Å²) in [5, 5.41) is 127. The van der Waals surface area contributed by atoms with Gasteiger partial charge in [0.1, 0.15) is 66.4 Å². The summed E-state index contributed by atoms with van der Waals surface area (Å²) in [4.78, 5) is 26.3. The summed E-state index contributed by atoms with van der Waals surface area (Å²) in [6.45, 7) is -1.69. The van der Waals surface area contributed by atoms with Gasteiger partial charge in [-0.2, -0.15) is 0 Å². The number of ether oxygens (including phenoxy) is 5. The summed E-state index contributed by atoms with van der Waals surface area (Å²) in [5.41, 5.74) is -1.50. The van der Waals surface area contributed by atoms with Crippen molar-refractivity contribution in [1.29, 1.82) is 0 Å². The van der Waals surface area contributed by atoms with E-state index in [2.05, 4.69) is 0 Å². The van der Waals surface area contributed by atoms with Gasteiger partial charge in [-0.25, -0.2) is 4.79 Å². The number of rotatable bonds is 10. The van der Waals surface area contributed by atoms with E-state index in [0.717, 1.165) is 36.4 Å². The largest absolute Gasteiger partial charge is 0.872 e. The number of carbonyl (C=O) groups is 1. The monoisotopic (exact) mass is 786 g/mol. The van der Waals surface area contributed by atoms with Crippen LogP contribution in [-0.4, -0.2) is 132 Å². The van der Waals surface area contributed by atoms with Crippen LogP contribution in [0.5, 0.6) is 40.2 Å². The Hall–Kier alpha value is -5.68. The van der Waals surface area contributed by atoms with Gasteiger partial charge in [0, 0.05) is 17.7 Å². The highest BCUT2D eigenvalue weighted by Crippen LogP contribution is 2.39. The van der Waals surface area contributed by atoms with E-state index in [1.807, 2.05) is 0 Å². The fraction of sp³-hybridized carbons (Fsp3) is 0.333. The molecule has 3 heterocycles. The maximum Gasteiger partial charge on any atom is 0.330 e. The zero-order chi connectivity index (χ0) is 40.6. The summed E-state index contributed by atoms with van der Waals surface area (Å²) in [5.74, 6) is -6.43. The zero-order valence-electron chi connectivity index (χ0n) is 28.5. The second-order valence-electron chi connectivity index (χ2n) is 12.7. The van der Waals surface area contributed by atoms with E-state index in [1.54, 1.807) is 0 Å². The lowest BCUT2D eigenvalue weighted by Gasteiger charge is -2.45. The molecule has 56 heavy (non-hydrogen) atoms. The molecule has 0 aliphatic carbocycles. The normalized spacial score (nSPS) is 28.0. The van der Waals surface area contributed by atoms with Gasteiger partial charge in [0.15, 0.2) is 29.7 Å². The van der Waals surface area contributed by atoms with Crippen molar-refractivity contribution >= 4 is 23.0 Å². The topological polar surface area (TPSA) is 342 Å². The molecule has 300 valence electrons.